The van der Waals surface area contributed by atoms with Crippen molar-refractivity contribution in [1.82, 2.24) is 0 Å². The molecule has 0 unspecified atom stereocenters. The highest BCUT2D eigenvalue weighted by atomic mass is 32.1. The van der Waals surface area contributed by atoms with Crippen LogP contribution in [0.4, 0.5) is 17.1 Å². The first kappa shape index (κ1) is 19.2. The Morgan fingerprint density at radius 1 is 0.481 bits per heavy atom. The van der Waals surface area contributed by atoms with E-state index in [0.29, 0.717) is 11.4 Å². The lowest BCUT2D eigenvalue weighted by Gasteiger charge is -2.32. The molecular weight excluding hydrogens is 671 g/mol. The van der Waals surface area contributed by atoms with E-state index < -0.39 is 101 Å². The SMILES string of the molecule is [2H]c1c([2H])c([2H])c2c(c1[2H])-c1c([2H])c([2H])c([2H])c([2H])c1C21c2c([2H])c([2H])c([2H])c([2H])c2-c2c([2H])c([2H])c(N(c3ccc4c(c3)C(C)(C)c3ccccc3-4)c3cccc4c3sc3ccccc34)c([2H])c21. The summed E-state index contributed by atoms with van der Waals surface area (Å²) in [6.45, 7) is 4.25. The van der Waals surface area contributed by atoms with Crippen molar-refractivity contribution in [2.24, 2.45) is 0 Å². The zero-order valence-electron chi connectivity index (χ0n) is 43.9. The number of thiophene rings is 1. The van der Waals surface area contributed by atoms with Gasteiger partial charge in [0.05, 0.1) is 36.4 Å². The van der Waals surface area contributed by atoms with Crippen LogP contribution in [0.15, 0.2) is 176 Å². The highest BCUT2D eigenvalue weighted by Gasteiger charge is 2.51. The predicted molar refractivity (Wildman–Crippen MR) is 228 cm³/mol. The minimum atomic E-state index is -2.47. The first-order valence-corrected chi connectivity index (χ1v) is 18.5. The second-order valence-corrected chi connectivity index (χ2v) is 15.5. The third-order valence-corrected chi connectivity index (χ3v) is 12.7. The average molecular weight is 721 g/mol. The Balaban J connectivity index is 1.30. The van der Waals surface area contributed by atoms with Gasteiger partial charge < -0.3 is 4.90 Å². The molecule has 0 saturated carbocycles. The second kappa shape index (κ2) is 10.7. The zero-order valence-corrected chi connectivity index (χ0v) is 29.8. The molecule has 0 amide bonds. The molecule has 2 heteroatoms. The molecule has 1 heterocycles. The van der Waals surface area contributed by atoms with Crippen molar-refractivity contribution in [3.8, 4) is 33.4 Å². The maximum absolute atomic E-state index is 10.7. The van der Waals surface area contributed by atoms with Gasteiger partial charge in [-0.05, 0) is 103 Å². The van der Waals surface area contributed by atoms with Crippen LogP contribution in [-0.4, -0.2) is 0 Å². The van der Waals surface area contributed by atoms with Gasteiger partial charge in [0.2, 0.25) is 0 Å². The first-order valence-electron chi connectivity index (χ1n) is 25.2. The van der Waals surface area contributed by atoms with Crippen molar-refractivity contribution >= 4 is 48.6 Å². The maximum Gasteiger partial charge on any atom is 0.0726 e. The Kier molecular flexibility index (Phi) is 3.80. The first-order chi connectivity index (χ1) is 32.8. The molecule has 0 bridgehead atoms. The lowest BCUT2D eigenvalue weighted by Crippen LogP contribution is -2.26. The lowest BCUT2D eigenvalue weighted by molar-refractivity contribution is 0.660. The third kappa shape index (κ3) is 3.73. The van der Waals surface area contributed by atoms with E-state index in [2.05, 4.69) is 26.0 Å². The zero-order chi connectivity index (χ0) is 48.8. The summed E-state index contributed by atoms with van der Waals surface area (Å²) in [6.07, 6.45) is 0. The molecule has 9 aromatic rings. The predicted octanol–water partition coefficient (Wildman–Crippen LogP) is 14.2. The van der Waals surface area contributed by atoms with Gasteiger partial charge >= 0.3 is 0 Å². The van der Waals surface area contributed by atoms with E-state index in [0.717, 1.165) is 42.4 Å². The van der Waals surface area contributed by atoms with Crippen LogP contribution in [0.25, 0.3) is 53.6 Å². The van der Waals surface area contributed by atoms with Crippen LogP contribution in [0.2, 0.25) is 0 Å². The molecule has 0 atom stereocenters. The van der Waals surface area contributed by atoms with Crippen LogP contribution in [0, 0.1) is 0 Å². The molecular formula is C52H35NS. The van der Waals surface area contributed by atoms with Crippen molar-refractivity contribution in [1.29, 1.82) is 0 Å². The Hall–Kier alpha value is -6.22. The van der Waals surface area contributed by atoms with Gasteiger partial charge in [-0.1, -0.05) is 153 Å². The van der Waals surface area contributed by atoms with Crippen LogP contribution in [0.1, 0.15) is 67.8 Å². The highest BCUT2D eigenvalue weighted by Crippen LogP contribution is 2.63. The Bertz CT molecular complexity index is 3810. The number of anilines is 3. The molecule has 0 aliphatic heterocycles. The van der Waals surface area contributed by atoms with Crippen LogP contribution in [-0.2, 0) is 10.8 Å². The summed E-state index contributed by atoms with van der Waals surface area (Å²) in [5.41, 5.74) is -0.472. The van der Waals surface area contributed by atoms with E-state index in [4.69, 9.17) is 8.22 Å². The van der Waals surface area contributed by atoms with E-state index in [1.54, 1.807) is 4.90 Å². The van der Waals surface area contributed by atoms with Gasteiger partial charge in [-0.25, -0.2) is 0 Å². The van der Waals surface area contributed by atoms with Crippen molar-refractivity contribution in [3.05, 3.63) is 209 Å². The van der Waals surface area contributed by atoms with Gasteiger partial charge in [0.1, 0.15) is 0 Å². The standard InChI is InChI=1S/C52H35NS/c1-51(2)42-20-8-3-14-34(42)38-28-26-32(30-46(38)51)53(48-24-13-19-41-40-18-7-12-25-49(40)54-50(41)48)33-27-29-39-37-17-6-11-23-45(37)52(47(39)31-33)43-21-9-4-15-35(43)36-16-5-10-22-44(36)52/h3-31H,1-2H3/i4D,5D,6D,9D,10D,11D,15D,16D,17D,21D,22D,23D,27D,29D,31D. The highest BCUT2D eigenvalue weighted by molar-refractivity contribution is 7.26. The molecule has 0 fully saturated rings. The number of rotatable bonds is 3. The largest absolute Gasteiger partial charge is 0.309 e. The van der Waals surface area contributed by atoms with Crippen LogP contribution < -0.4 is 4.90 Å². The van der Waals surface area contributed by atoms with Crippen LogP contribution in [0.5, 0.6) is 0 Å². The van der Waals surface area contributed by atoms with Gasteiger partial charge in [0.15, 0.2) is 0 Å². The molecule has 1 spiro atoms. The maximum atomic E-state index is 10.7. The monoisotopic (exact) mass is 720 g/mol. The molecule has 54 heavy (non-hydrogen) atoms. The average Bonchev–Trinajstić information content (AvgIpc) is 4.05. The summed E-state index contributed by atoms with van der Waals surface area (Å²) in [6, 6.07) is 17.7. The molecule has 0 saturated heterocycles. The van der Waals surface area contributed by atoms with Crippen molar-refractivity contribution < 1.29 is 20.6 Å². The number of fused-ring (bicyclic) bond motifs is 16. The van der Waals surface area contributed by atoms with E-state index in [1.165, 1.54) is 11.3 Å². The number of hydrogen-bond donors (Lipinski definition) is 0. The van der Waals surface area contributed by atoms with E-state index in [9.17, 15) is 12.3 Å². The molecule has 3 aliphatic rings. The van der Waals surface area contributed by atoms with Gasteiger partial charge in [-0.2, -0.15) is 0 Å². The Morgan fingerprint density at radius 2 is 1.09 bits per heavy atom. The molecule has 3 aliphatic carbocycles. The third-order valence-electron chi connectivity index (χ3n) is 11.5. The van der Waals surface area contributed by atoms with Crippen molar-refractivity contribution in [3.63, 3.8) is 0 Å². The van der Waals surface area contributed by atoms with E-state index >= 15 is 0 Å². The van der Waals surface area contributed by atoms with Gasteiger partial charge in [-0.3, -0.25) is 0 Å². The molecule has 0 radical (unpaired) electrons. The molecule has 1 nitrogen and oxygen atoms in total. The Morgan fingerprint density at radius 3 is 1.83 bits per heavy atom. The minimum absolute atomic E-state index is 0.156. The fraction of sp³-hybridized carbons (Fsp3) is 0.0769. The fourth-order valence-corrected chi connectivity index (χ4v) is 10.4. The smallest absolute Gasteiger partial charge is 0.0726 e. The van der Waals surface area contributed by atoms with E-state index in [-0.39, 0.29) is 50.2 Å². The van der Waals surface area contributed by atoms with Crippen LogP contribution >= 0.6 is 11.3 Å². The van der Waals surface area contributed by atoms with Crippen molar-refractivity contribution in [2.75, 3.05) is 4.90 Å². The van der Waals surface area contributed by atoms with Gasteiger partial charge in [-0.15, -0.1) is 11.3 Å². The normalized spacial score (nSPS) is 18.7. The summed E-state index contributed by atoms with van der Waals surface area (Å²) in [5, 5.41) is 1.85. The van der Waals surface area contributed by atoms with Crippen molar-refractivity contribution in [2.45, 2.75) is 24.7 Å². The number of hydrogen-bond acceptors (Lipinski definition) is 2. The van der Waals surface area contributed by atoms with Gasteiger partial charge in [0, 0.05) is 32.3 Å². The lowest BCUT2D eigenvalue weighted by atomic mass is 9.70. The quantitative estimate of drug-likeness (QED) is 0.176. The fourth-order valence-electron chi connectivity index (χ4n) is 9.20. The molecule has 8 aromatic carbocycles. The van der Waals surface area contributed by atoms with Gasteiger partial charge in [0.25, 0.3) is 0 Å². The summed E-state index contributed by atoms with van der Waals surface area (Å²) in [5.74, 6) is 0. The number of nitrogens with zero attached hydrogens (tertiary/aromatic N) is 1. The summed E-state index contributed by atoms with van der Waals surface area (Å²) < 4.78 is 143. The summed E-state index contributed by atoms with van der Waals surface area (Å²) >= 11 is 1.50. The summed E-state index contributed by atoms with van der Waals surface area (Å²) in [7, 11) is 0. The van der Waals surface area contributed by atoms with E-state index in [1.807, 2.05) is 72.8 Å². The number of benzene rings is 8. The summed E-state index contributed by atoms with van der Waals surface area (Å²) in [4.78, 5) is 1.74. The molecule has 1 aromatic heterocycles. The van der Waals surface area contributed by atoms with Crippen LogP contribution in [0.3, 0.4) is 0 Å². The molecule has 12 rings (SSSR count). The molecule has 254 valence electrons. The Labute approximate surface area is 340 Å². The topological polar surface area (TPSA) is 3.24 Å². The second-order valence-electron chi connectivity index (χ2n) is 14.5. The molecule has 0 N–H and O–H groups in total. The minimum Gasteiger partial charge on any atom is -0.309 e.